The van der Waals surface area contributed by atoms with E-state index in [-0.39, 0.29) is 0 Å². The molecule has 1 heteroatoms. The van der Waals surface area contributed by atoms with E-state index in [1.807, 2.05) is 0 Å². The lowest BCUT2D eigenvalue weighted by Crippen LogP contribution is -2.19. The van der Waals surface area contributed by atoms with Gasteiger partial charge < -0.3 is 4.79 Å². The van der Waals surface area contributed by atoms with Crippen molar-refractivity contribution in [1.29, 1.82) is 0 Å². The van der Waals surface area contributed by atoms with E-state index < -0.39 is 0 Å². The first-order valence-electron chi connectivity index (χ1n) is 4.50. The maximum Gasteiger partial charge on any atom is 0.123 e. The molecule has 4 atom stereocenters. The number of aldehydes is 1. The van der Waals surface area contributed by atoms with Gasteiger partial charge in [-0.25, -0.2) is 0 Å². The molecule has 0 heterocycles. The normalized spacial score (nSPS) is 46.6. The van der Waals surface area contributed by atoms with E-state index in [2.05, 4.69) is 19.1 Å². The molecule has 0 spiro atoms. The Balaban J connectivity index is 2.21. The van der Waals surface area contributed by atoms with Crippen molar-refractivity contribution in [1.82, 2.24) is 0 Å². The lowest BCUT2D eigenvalue weighted by molar-refractivity contribution is -0.113. The van der Waals surface area contributed by atoms with E-state index in [9.17, 15) is 4.79 Å². The van der Waals surface area contributed by atoms with Crippen LogP contribution in [0.1, 0.15) is 19.8 Å². The van der Waals surface area contributed by atoms with E-state index in [1.165, 1.54) is 12.7 Å². The molecule has 1 fully saturated rings. The second-order valence-electron chi connectivity index (χ2n) is 3.73. The molecule has 2 bridgehead atoms. The topological polar surface area (TPSA) is 17.1 Å². The molecule has 0 aromatic heterocycles. The minimum Gasteiger partial charge on any atom is -0.303 e. The predicted molar refractivity (Wildman–Crippen MR) is 44.1 cm³/mol. The van der Waals surface area contributed by atoms with Crippen LogP contribution in [0.2, 0.25) is 0 Å². The first-order chi connectivity index (χ1) is 5.36. The van der Waals surface area contributed by atoms with Gasteiger partial charge in [-0.3, -0.25) is 0 Å². The first-order valence-corrected chi connectivity index (χ1v) is 4.50. The Morgan fingerprint density at radius 2 is 2.18 bits per heavy atom. The largest absolute Gasteiger partial charge is 0.303 e. The van der Waals surface area contributed by atoms with Crippen LogP contribution in [0.5, 0.6) is 0 Å². The molecule has 1 nitrogen and oxygen atoms in total. The molecule has 1 saturated carbocycles. The Kier molecular flexibility index (Phi) is 1.59. The molecule has 60 valence electrons. The standard InChI is InChI=1S/C10H14O/c1-2-9-7-3-4-8(5-7)10(9)6-11/h3-4,6-10H,2,5H2,1H3/t7-,8+,9+,10+/m0/s1. The molecule has 11 heavy (non-hydrogen) atoms. The molecule has 0 radical (unpaired) electrons. The van der Waals surface area contributed by atoms with Crippen molar-refractivity contribution in [3.8, 4) is 0 Å². The molecule has 0 saturated heterocycles. The van der Waals surface area contributed by atoms with Gasteiger partial charge in [0.1, 0.15) is 6.29 Å². The molecule has 0 amide bonds. The van der Waals surface area contributed by atoms with Crippen molar-refractivity contribution in [3.63, 3.8) is 0 Å². The maximum atomic E-state index is 10.7. The molecule has 0 aromatic rings. The van der Waals surface area contributed by atoms with Crippen molar-refractivity contribution < 1.29 is 4.79 Å². The predicted octanol–water partition coefficient (Wildman–Crippen LogP) is 2.03. The van der Waals surface area contributed by atoms with Crippen LogP contribution in [0.3, 0.4) is 0 Å². The number of carbonyl (C=O) groups excluding carboxylic acids is 1. The quantitative estimate of drug-likeness (QED) is 0.435. The van der Waals surface area contributed by atoms with Crippen LogP contribution in [0.4, 0.5) is 0 Å². The lowest BCUT2D eigenvalue weighted by Gasteiger charge is -2.21. The smallest absolute Gasteiger partial charge is 0.123 e. The van der Waals surface area contributed by atoms with Crippen LogP contribution in [-0.4, -0.2) is 6.29 Å². The van der Waals surface area contributed by atoms with Gasteiger partial charge >= 0.3 is 0 Å². The summed E-state index contributed by atoms with van der Waals surface area (Å²) in [5.41, 5.74) is 0. The van der Waals surface area contributed by atoms with Crippen LogP contribution in [-0.2, 0) is 4.79 Å². The minimum absolute atomic E-state index is 0.343. The summed E-state index contributed by atoms with van der Waals surface area (Å²) in [4.78, 5) is 10.7. The monoisotopic (exact) mass is 150 g/mol. The zero-order chi connectivity index (χ0) is 7.84. The minimum atomic E-state index is 0.343. The third kappa shape index (κ3) is 0.867. The Bertz CT molecular complexity index is 195. The van der Waals surface area contributed by atoms with Gasteiger partial charge in [-0.05, 0) is 24.2 Å². The molecule has 2 aliphatic carbocycles. The fraction of sp³-hybridized carbons (Fsp3) is 0.700. The van der Waals surface area contributed by atoms with Gasteiger partial charge in [-0.1, -0.05) is 25.5 Å². The Morgan fingerprint density at radius 1 is 1.45 bits per heavy atom. The number of carbonyl (C=O) groups is 1. The number of rotatable bonds is 2. The zero-order valence-electron chi connectivity index (χ0n) is 6.86. The summed E-state index contributed by atoms with van der Waals surface area (Å²) in [6.45, 7) is 2.19. The van der Waals surface area contributed by atoms with E-state index in [1.54, 1.807) is 0 Å². The van der Waals surface area contributed by atoms with Crippen molar-refractivity contribution in [2.45, 2.75) is 19.8 Å². The highest BCUT2D eigenvalue weighted by Gasteiger charge is 2.42. The van der Waals surface area contributed by atoms with Gasteiger partial charge in [-0.15, -0.1) is 0 Å². The van der Waals surface area contributed by atoms with Crippen molar-refractivity contribution in [2.24, 2.45) is 23.7 Å². The van der Waals surface area contributed by atoms with Gasteiger partial charge in [-0.2, -0.15) is 0 Å². The highest BCUT2D eigenvalue weighted by atomic mass is 16.1. The SMILES string of the molecule is CC[C@H]1[C@H](C=O)[C@@H]2C=C[C@H]1C2. The average Bonchev–Trinajstić information content (AvgIpc) is 2.60. The first kappa shape index (κ1) is 7.08. The molecule has 2 aliphatic rings. The fourth-order valence-electron chi connectivity index (χ4n) is 2.74. The second-order valence-corrected chi connectivity index (χ2v) is 3.73. The van der Waals surface area contributed by atoms with E-state index in [0.29, 0.717) is 17.8 Å². The van der Waals surface area contributed by atoms with Crippen LogP contribution in [0, 0.1) is 23.7 Å². The molecule has 0 unspecified atom stereocenters. The summed E-state index contributed by atoms with van der Waals surface area (Å²) in [6, 6.07) is 0. The summed E-state index contributed by atoms with van der Waals surface area (Å²) < 4.78 is 0. The Labute approximate surface area is 67.5 Å². The number of fused-ring (bicyclic) bond motifs is 2. The van der Waals surface area contributed by atoms with Crippen molar-refractivity contribution in [2.75, 3.05) is 0 Å². The maximum absolute atomic E-state index is 10.7. The van der Waals surface area contributed by atoms with Crippen LogP contribution >= 0.6 is 0 Å². The Morgan fingerprint density at radius 3 is 2.73 bits per heavy atom. The van der Waals surface area contributed by atoms with Gasteiger partial charge in [0.2, 0.25) is 0 Å². The zero-order valence-corrected chi connectivity index (χ0v) is 6.86. The fourth-order valence-corrected chi connectivity index (χ4v) is 2.74. The van der Waals surface area contributed by atoms with Gasteiger partial charge in [0.25, 0.3) is 0 Å². The van der Waals surface area contributed by atoms with E-state index in [4.69, 9.17) is 0 Å². The molecule has 0 aliphatic heterocycles. The summed E-state index contributed by atoms with van der Waals surface area (Å²) in [7, 11) is 0. The summed E-state index contributed by atoms with van der Waals surface area (Å²) in [6.07, 6.45) is 8.11. The third-order valence-electron chi connectivity index (χ3n) is 3.32. The second kappa shape index (κ2) is 2.47. The highest BCUT2D eigenvalue weighted by Crippen LogP contribution is 2.48. The molecule has 0 aromatic carbocycles. The van der Waals surface area contributed by atoms with Crippen molar-refractivity contribution >= 4 is 6.29 Å². The summed E-state index contributed by atoms with van der Waals surface area (Å²) in [5, 5.41) is 0. The molecule has 2 rings (SSSR count). The van der Waals surface area contributed by atoms with Crippen LogP contribution < -0.4 is 0 Å². The lowest BCUT2D eigenvalue weighted by atomic mass is 9.82. The highest BCUT2D eigenvalue weighted by molar-refractivity contribution is 5.57. The average molecular weight is 150 g/mol. The van der Waals surface area contributed by atoms with Crippen molar-refractivity contribution in [3.05, 3.63) is 12.2 Å². The molecular formula is C10H14O. The summed E-state index contributed by atoms with van der Waals surface area (Å²) in [5.74, 6) is 2.31. The number of allylic oxidation sites excluding steroid dienone is 2. The summed E-state index contributed by atoms with van der Waals surface area (Å²) >= 11 is 0. The third-order valence-corrected chi connectivity index (χ3v) is 3.32. The molecule has 0 N–H and O–H groups in total. The van der Waals surface area contributed by atoms with Crippen LogP contribution in [0.15, 0.2) is 12.2 Å². The van der Waals surface area contributed by atoms with Gasteiger partial charge in [0.15, 0.2) is 0 Å². The number of hydrogen-bond acceptors (Lipinski definition) is 1. The van der Waals surface area contributed by atoms with Gasteiger partial charge in [0.05, 0.1) is 0 Å². The Hall–Kier alpha value is -0.590. The van der Waals surface area contributed by atoms with Gasteiger partial charge in [0, 0.05) is 5.92 Å². The van der Waals surface area contributed by atoms with E-state index in [0.717, 1.165) is 12.3 Å². The van der Waals surface area contributed by atoms with E-state index >= 15 is 0 Å². The van der Waals surface area contributed by atoms with Crippen LogP contribution in [0.25, 0.3) is 0 Å². The molecular weight excluding hydrogens is 136 g/mol. The number of hydrogen-bond donors (Lipinski definition) is 0.